The van der Waals surface area contributed by atoms with Gasteiger partial charge in [0.1, 0.15) is 18.0 Å². The second-order valence-corrected chi connectivity index (χ2v) is 7.73. The zero-order valence-electron chi connectivity index (χ0n) is 12.1. The van der Waals surface area contributed by atoms with E-state index in [-0.39, 0.29) is 17.5 Å². The fourth-order valence-electron chi connectivity index (χ4n) is 2.76. The van der Waals surface area contributed by atoms with Crippen molar-refractivity contribution in [2.75, 3.05) is 54.7 Å². The molecule has 2 aliphatic heterocycles. The lowest BCUT2D eigenvalue weighted by Gasteiger charge is -2.29. The van der Waals surface area contributed by atoms with Crippen LogP contribution in [0.2, 0.25) is 0 Å². The summed E-state index contributed by atoms with van der Waals surface area (Å²) < 4.78 is 28.6. The van der Waals surface area contributed by atoms with Gasteiger partial charge in [0.25, 0.3) is 0 Å². The molecule has 3 rings (SSSR count). The SMILES string of the molecule is CN(c1cc(N2CCOCC2)ncn1)C1CCS(=O)(=O)C1. The highest BCUT2D eigenvalue weighted by molar-refractivity contribution is 7.91. The molecular weight excluding hydrogens is 292 g/mol. The second-order valence-electron chi connectivity index (χ2n) is 5.50. The zero-order valence-corrected chi connectivity index (χ0v) is 12.9. The number of rotatable bonds is 3. The molecule has 2 saturated heterocycles. The van der Waals surface area contributed by atoms with E-state index in [2.05, 4.69) is 14.9 Å². The van der Waals surface area contributed by atoms with Crippen LogP contribution in [0.1, 0.15) is 6.42 Å². The Kier molecular flexibility index (Phi) is 3.99. The van der Waals surface area contributed by atoms with Gasteiger partial charge < -0.3 is 14.5 Å². The van der Waals surface area contributed by atoms with Crippen LogP contribution < -0.4 is 9.80 Å². The minimum Gasteiger partial charge on any atom is -0.378 e. The van der Waals surface area contributed by atoms with Gasteiger partial charge in [-0.1, -0.05) is 0 Å². The molecule has 0 bridgehead atoms. The number of hydrogen-bond donors (Lipinski definition) is 0. The third-order valence-corrected chi connectivity index (χ3v) is 5.84. The Labute approximate surface area is 124 Å². The Morgan fingerprint density at radius 1 is 1.33 bits per heavy atom. The van der Waals surface area contributed by atoms with Crippen LogP contribution in [0, 0.1) is 0 Å². The topological polar surface area (TPSA) is 75.6 Å². The molecule has 8 heteroatoms. The van der Waals surface area contributed by atoms with E-state index in [0.717, 1.165) is 24.7 Å². The van der Waals surface area contributed by atoms with E-state index in [1.54, 1.807) is 6.33 Å². The highest BCUT2D eigenvalue weighted by Gasteiger charge is 2.31. The summed E-state index contributed by atoms with van der Waals surface area (Å²) in [5.41, 5.74) is 0. The number of ether oxygens (including phenoxy) is 1. The Morgan fingerprint density at radius 3 is 2.76 bits per heavy atom. The number of nitrogens with zero attached hydrogens (tertiary/aromatic N) is 4. The summed E-state index contributed by atoms with van der Waals surface area (Å²) in [5.74, 6) is 2.12. The summed E-state index contributed by atoms with van der Waals surface area (Å²) in [7, 11) is -0.991. The molecule has 21 heavy (non-hydrogen) atoms. The van der Waals surface area contributed by atoms with Gasteiger partial charge in [0.2, 0.25) is 0 Å². The van der Waals surface area contributed by atoms with Crippen molar-refractivity contribution in [1.82, 2.24) is 9.97 Å². The largest absolute Gasteiger partial charge is 0.378 e. The van der Waals surface area contributed by atoms with E-state index in [1.165, 1.54) is 0 Å². The zero-order chi connectivity index (χ0) is 14.9. The number of anilines is 2. The first-order valence-corrected chi connectivity index (χ1v) is 8.95. The van der Waals surface area contributed by atoms with Crippen LogP contribution in [0.5, 0.6) is 0 Å². The predicted octanol–water partition coefficient (Wildman–Crippen LogP) is -0.0635. The van der Waals surface area contributed by atoms with Crippen LogP contribution in [0.3, 0.4) is 0 Å². The van der Waals surface area contributed by atoms with Crippen LogP contribution in [0.4, 0.5) is 11.6 Å². The van der Waals surface area contributed by atoms with Crippen molar-refractivity contribution in [3.8, 4) is 0 Å². The predicted molar refractivity (Wildman–Crippen MR) is 80.5 cm³/mol. The summed E-state index contributed by atoms with van der Waals surface area (Å²) in [6.07, 6.45) is 2.20. The normalized spacial score (nSPS) is 25.0. The van der Waals surface area contributed by atoms with Gasteiger partial charge in [-0.3, -0.25) is 0 Å². The van der Waals surface area contributed by atoms with Crippen molar-refractivity contribution < 1.29 is 13.2 Å². The van der Waals surface area contributed by atoms with E-state index in [1.807, 2.05) is 18.0 Å². The van der Waals surface area contributed by atoms with E-state index in [0.29, 0.717) is 19.6 Å². The summed E-state index contributed by atoms with van der Waals surface area (Å²) >= 11 is 0. The molecule has 0 radical (unpaired) electrons. The van der Waals surface area contributed by atoms with Gasteiger partial charge in [0.15, 0.2) is 9.84 Å². The molecule has 1 aromatic rings. The first kappa shape index (κ1) is 14.5. The third-order valence-electron chi connectivity index (χ3n) is 4.09. The maximum Gasteiger partial charge on any atom is 0.152 e. The summed E-state index contributed by atoms with van der Waals surface area (Å²) in [5, 5.41) is 0. The van der Waals surface area contributed by atoms with Gasteiger partial charge >= 0.3 is 0 Å². The van der Waals surface area contributed by atoms with Crippen molar-refractivity contribution in [3.05, 3.63) is 12.4 Å². The third kappa shape index (κ3) is 3.26. The Bertz CT molecular complexity index is 601. The lowest BCUT2D eigenvalue weighted by Crippen LogP contribution is -2.37. The minimum absolute atomic E-state index is 0.00226. The highest BCUT2D eigenvalue weighted by atomic mass is 32.2. The molecule has 2 fully saturated rings. The number of morpholine rings is 1. The van der Waals surface area contributed by atoms with Crippen LogP contribution >= 0.6 is 0 Å². The Balaban J connectivity index is 1.76. The highest BCUT2D eigenvalue weighted by Crippen LogP contribution is 2.23. The Hall–Kier alpha value is -1.41. The number of sulfone groups is 1. The maximum absolute atomic E-state index is 11.6. The molecule has 0 N–H and O–H groups in total. The standard InChI is InChI=1S/C13H20N4O3S/c1-16(11-2-7-21(18,19)9-11)12-8-13(15-10-14-12)17-3-5-20-6-4-17/h8,10-11H,2-7,9H2,1H3. The fraction of sp³-hybridized carbons (Fsp3) is 0.692. The van der Waals surface area contributed by atoms with Crippen molar-refractivity contribution in [2.24, 2.45) is 0 Å². The molecule has 0 saturated carbocycles. The molecule has 3 heterocycles. The quantitative estimate of drug-likeness (QED) is 0.773. The fourth-order valence-corrected chi connectivity index (χ4v) is 4.54. The van der Waals surface area contributed by atoms with E-state index >= 15 is 0 Å². The monoisotopic (exact) mass is 312 g/mol. The van der Waals surface area contributed by atoms with Crippen molar-refractivity contribution in [1.29, 1.82) is 0 Å². The number of aromatic nitrogens is 2. The maximum atomic E-state index is 11.6. The van der Waals surface area contributed by atoms with Crippen LogP contribution in [-0.4, -0.2) is 69.3 Å². The second kappa shape index (κ2) is 5.76. The number of hydrogen-bond acceptors (Lipinski definition) is 7. The molecular formula is C13H20N4O3S. The average molecular weight is 312 g/mol. The van der Waals surface area contributed by atoms with Crippen LogP contribution in [-0.2, 0) is 14.6 Å². The summed E-state index contributed by atoms with van der Waals surface area (Å²) in [6.45, 7) is 3.04. The first-order chi connectivity index (χ1) is 10.1. The molecule has 1 aromatic heterocycles. The molecule has 0 aromatic carbocycles. The lowest BCUT2D eigenvalue weighted by molar-refractivity contribution is 0.122. The van der Waals surface area contributed by atoms with Gasteiger partial charge in [-0.15, -0.1) is 0 Å². The lowest BCUT2D eigenvalue weighted by atomic mass is 10.2. The van der Waals surface area contributed by atoms with E-state index < -0.39 is 9.84 Å². The van der Waals surface area contributed by atoms with Crippen LogP contribution in [0.15, 0.2) is 12.4 Å². The van der Waals surface area contributed by atoms with Crippen LogP contribution in [0.25, 0.3) is 0 Å². The molecule has 0 spiro atoms. The van der Waals surface area contributed by atoms with Gasteiger partial charge in [-0.25, -0.2) is 18.4 Å². The molecule has 1 unspecified atom stereocenters. The van der Waals surface area contributed by atoms with Gasteiger partial charge in [-0.2, -0.15) is 0 Å². The smallest absolute Gasteiger partial charge is 0.152 e. The summed E-state index contributed by atoms with van der Waals surface area (Å²) in [6, 6.07) is 1.93. The molecule has 0 amide bonds. The average Bonchev–Trinajstić information content (AvgIpc) is 2.88. The van der Waals surface area contributed by atoms with Gasteiger partial charge in [0, 0.05) is 32.2 Å². The van der Waals surface area contributed by atoms with Gasteiger partial charge in [-0.05, 0) is 6.42 Å². The molecule has 7 nitrogen and oxygen atoms in total. The van der Waals surface area contributed by atoms with Crippen molar-refractivity contribution in [3.63, 3.8) is 0 Å². The molecule has 0 aliphatic carbocycles. The van der Waals surface area contributed by atoms with E-state index in [4.69, 9.17) is 4.74 Å². The molecule has 1 atom stereocenters. The van der Waals surface area contributed by atoms with E-state index in [9.17, 15) is 8.42 Å². The molecule has 116 valence electrons. The molecule has 2 aliphatic rings. The summed E-state index contributed by atoms with van der Waals surface area (Å²) in [4.78, 5) is 12.7. The Morgan fingerprint density at radius 2 is 2.10 bits per heavy atom. The van der Waals surface area contributed by atoms with Crippen molar-refractivity contribution in [2.45, 2.75) is 12.5 Å². The minimum atomic E-state index is -2.89. The first-order valence-electron chi connectivity index (χ1n) is 7.13. The van der Waals surface area contributed by atoms with Crippen molar-refractivity contribution >= 4 is 21.5 Å². The van der Waals surface area contributed by atoms with Gasteiger partial charge in [0.05, 0.1) is 24.7 Å².